The summed E-state index contributed by atoms with van der Waals surface area (Å²) in [5.41, 5.74) is 1.02. The summed E-state index contributed by atoms with van der Waals surface area (Å²) < 4.78 is 0. The molecule has 0 saturated carbocycles. The van der Waals surface area contributed by atoms with Crippen molar-refractivity contribution in [1.82, 2.24) is 4.90 Å². The van der Waals surface area contributed by atoms with Crippen LogP contribution in [0, 0.1) is 5.41 Å². The first-order valence-electron chi connectivity index (χ1n) is 8.34. The van der Waals surface area contributed by atoms with Crippen LogP contribution in [0.5, 0.6) is 0 Å². The fraction of sp³-hybridized carbons (Fsp3) is 0.579. The molecule has 1 aliphatic rings. The Morgan fingerprint density at radius 1 is 1.14 bits per heavy atom. The van der Waals surface area contributed by atoms with Gasteiger partial charge in [0.1, 0.15) is 0 Å². The number of unbranched alkanes of at least 4 members (excludes halogenated alkanes) is 1. The standard InChI is InChI=1S/C19H27NO2/c1-4-5-11-19(3)13-17(21)20(18(22)14-19)15(2)12-16-9-7-6-8-10-16/h6-10,15H,4-5,11-14H2,1-3H3/t15-/m1/s1. The van der Waals surface area contributed by atoms with Crippen LogP contribution < -0.4 is 0 Å². The quantitative estimate of drug-likeness (QED) is 0.746. The van der Waals surface area contributed by atoms with Crippen LogP contribution in [-0.2, 0) is 16.0 Å². The van der Waals surface area contributed by atoms with Gasteiger partial charge in [-0.25, -0.2) is 0 Å². The van der Waals surface area contributed by atoms with E-state index in [1.165, 1.54) is 4.90 Å². The Bertz CT molecular complexity index is 505. The number of hydrogen-bond donors (Lipinski definition) is 0. The van der Waals surface area contributed by atoms with E-state index in [9.17, 15) is 9.59 Å². The van der Waals surface area contributed by atoms with Gasteiger partial charge in [0.25, 0.3) is 0 Å². The number of nitrogens with zero attached hydrogens (tertiary/aromatic N) is 1. The van der Waals surface area contributed by atoms with Gasteiger partial charge >= 0.3 is 0 Å². The monoisotopic (exact) mass is 301 g/mol. The van der Waals surface area contributed by atoms with Gasteiger partial charge in [-0.05, 0) is 30.7 Å². The summed E-state index contributed by atoms with van der Waals surface area (Å²) in [7, 11) is 0. The molecule has 1 aliphatic heterocycles. The summed E-state index contributed by atoms with van der Waals surface area (Å²) in [6.45, 7) is 6.19. The summed E-state index contributed by atoms with van der Waals surface area (Å²) in [4.78, 5) is 26.5. The summed E-state index contributed by atoms with van der Waals surface area (Å²) in [6, 6.07) is 9.97. The number of likely N-dealkylation sites (tertiary alicyclic amines) is 1. The first kappa shape index (κ1) is 16.7. The maximum Gasteiger partial charge on any atom is 0.229 e. The van der Waals surface area contributed by atoms with E-state index >= 15 is 0 Å². The van der Waals surface area contributed by atoms with Gasteiger partial charge in [0.15, 0.2) is 0 Å². The smallest absolute Gasteiger partial charge is 0.229 e. The van der Waals surface area contributed by atoms with Crippen molar-refractivity contribution in [2.24, 2.45) is 5.41 Å². The summed E-state index contributed by atoms with van der Waals surface area (Å²) in [5.74, 6) is -0.00318. The molecule has 0 aromatic heterocycles. The molecular weight excluding hydrogens is 274 g/mol. The van der Waals surface area contributed by atoms with Gasteiger partial charge in [0, 0.05) is 18.9 Å². The Kier molecular flexibility index (Phi) is 5.38. The molecule has 120 valence electrons. The maximum absolute atomic E-state index is 12.5. The molecule has 1 aromatic rings. The summed E-state index contributed by atoms with van der Waals surface area (Å²) >= 11 is 0. The number of carbonyl (C=O) groups excluding carboxylic acids is 2. The number of rotatable bonds is 6. The van der Waals surface area contributed by atoms with Crippen molar-refractivity contribution in [1.29, 1.82) is 0 Å². The number of benzene rings is 1. The zero-order valence-corrected chi connectivity index (χ0v) is 14.0. The summed E-state index contributed by atoms with van der Waals surface area (Å²) in [5, 5.41) is 0. The molecule has 0 unspecified atom stereocenters. The third kappa shape index (κ3) is 3.96. The highest BCUT2D eigenvalue weighted by atomic mass is 16.2. The third-order valence-electron chi connectivity index (χ3n) is 4.64. The minimum Gasteiger partial charge on any atom is -0.279 e. The van der Waals surface area contributed by atoms with Crippen molar-refractivity contribution in [3.63, 3.8) is 0 Å². The molecule has 3 nitrogen and oxygen atoms in total. The average molecular weight is 301 g/mol. The second-order valence-corrected chi connectivity index (χ2v) is 6.96. The van der Waals surface area contributed by atoms with Crippen LogP contribution in [0.25, 0.3) is 0 Å². The molecule has 2 amide bonds. The maximum atomic E-state index is 12.5. The molecular formula is C19H27NO2. The zero-order valence-electron chi connectivity index (χ0n) is 14.0. The predicted octanol–water partition coefficient (Wildman–Crippen LogP) is 3.96. The molecule has 1 atom stereocenters. The van der Waals surface area contributed by atoms with E-state index in [0.717, 1.165) is 31.2 Å². The van der Waals surface area contributed by atoms with E-state index in [0.29, 0.717) is 12.8 Å². The van der Waals surface area contributed by atoms with Gasteiger partial charge in [-0.1, -0.05) is 57.0 Å². The van der Waals surface area contributed by atoms with E-state index in [2.05, 4.69) is 13.8 Å². The van der Waals surface area contributed by atoms with Crippen molar-refractivity contribution in [3.05, 3.63) is 35.9 Å². The van der Waals surface area contributed by atoms with Crippen LogP contribution >= 0.6 is 0 Å². The zero-order chi connectivity index (χ0) is 16.2. The number of hydrogen-bond acceptors (Lipinski definition) is 2. The lowest BCUT2D eigenvalue weighted by atomic mass is 9.75. The van der Waals surface area contributed by atoms with Gasteiger partial charge in [0.05, 0.1) is 0 Å². The van der Waals surface area contributed by atoms with Crippen LogP contribution in [0.3, 0.4) is 0 Å². The lowest BCUT2D eigenvalue weighted by Crippen LogP contribution is -2.51. The van der Waals surface area contributed by atoms with Crippen LogP contribution in [-0.4, -0.2) is 22.8 Å². The fourth-order valence-electron chi connectivity index (χ4n) is 3.42. The minimum absolute atomic E-state index is 0.00159. The van der Waals surface area contributed by atoms with Crippen molar-refractivity contribution in [2.45, 2.75) is 65.3 Å². The molecule has 1 aromatic carbocycles. The number of carbonyl (C=O) groups is 2. The fourth-order valence-corrected chi connectivity index (χ4v) is 3.42. The molecule has 1 heterocycles. The van der Waals surface area contributed by atoms with E-state index in [1.807, 2.05) is 37.3 Å². The molecule has 3 heteroatoms. The first-order chi connectivity index (χ1) is 10.4. The van der Waals surface area contributed by atoms with Gasteiger partial charge < -0.3 is 0 Å². The molecule has 1 fully saturated rings. The normalized spacial score (nSPS) is 19.3. The molecule has 0 N–H and O–H groups in total. The van der Waals surface area contributed by atoms with Gasteiger partial charge in [-0.15, -0.1) is 0 Å². The van der Waals surface area contributed by atoms with Crippen molar-refractivity contribution < 1.29 is 9.59 Å². The molecule has 2 rings (SSSR count). The van der Waals surface area contributed by atoms with E-state index in [-0.39, 0.29) is 23.3 Å². The Hall–Kier alpha value is -1.64. The lowest BCUT2D eigenvalue weighted by Gasteiger charge is -2.40. The predicted molar refractivity (Wildman–Crippen MR) is 88.3 cm³/mol. The summed E-state index contributed by atoms with van der Waals surface area (Å²) in [6.07, 6.45) is 4.87. The van der Waals surface area contributed by atoms with Crippen LogP contribution in [0.4, 0.5) is 0 Å². The number of imide groups is 1. The number of amides is 2. The van der Waals surface area contributed by atoms with Crippen molar-refractivity contribution >= 4 is 11.8 Å². The lowest BCUT2D eigenvalue weighted by molar-refractivity contribution is -0.155. The molecule has 0 aliphatic carbocycles. The molecule has 0 radical (unpaired) electrons. The van der Waals surface area contributed by atoms with Crippen molar-refractivity contribution in [2.75, 3.05) is 0 Å². The topological polar surface area (TPSA) is 37.4 Å². The molecule has 0 bridgehead atoms. The van der Waals surface area contributed by atoms with Crippen LogP contribution in [0.15, 0.2) is 30.3 Å². The second-order valence-electron chi connectivity index (χ2n) is 6.96. The Labute approximate surface area is 133 Å². The van der Waals surface area contributed by atoms with E-state index in [4.69, 9.17) is 0 Å². The number of piperidine rings is 1. The highest BCUT2D eigenvalue weighted by Crippen LogP contribution is 2.38. The van der Waals surface area contributed by atoms with Crippen molar-refractivity contribution in [3.8, 4) is 0 Å². The van der Waals surface area contributed by atoms with E-state index in [1.54, 1.807) is 0 Å². The molecule has 0 spiro atoms. The van der Waals surface area contributed by atoms with E-state index < -0.39 is 0 Å². The molecule has 1 saturated heterocycles. The van der Waals surface area contributed by atoms with Gasteiger partial charge in [-0.2, -0.15) is 0 Å². The third-order valence-corrected chi connectivity index (χ3v) is 4.64. The Morgan fingerprint density at radius 2 is 1.73 bits per heavy atom. The van der Waals surface area contributed by atoms with Crippen LogP contribution in [0.1, 0.15) is 58.4 Å². The highest BCUT2D eigenvalue weighted by Gasteiger charge is 2.41. The minimum atomic E-state index is -0.146. The molecule has 22 heavy (non-hydrogen) atoms. The largest absolute Gasteiger partial charge is 0.279 e. The SMILES string of the molecule is CCCCC1(C)CC(=O)N([C@H](C)Cc2ccccc2)C(=O)C1. The highest BCUT2D eigenvalue weighted by molar-refractivity contribution is 5.98. The first-order valence-corrected chi connectivity index (χ1v) is 8.34. The second kappa shape index (κ2) is 7.08. The van der Waals surface area contributed by atoms with Crippen LogP contribution in [0.2, 0.25) is 0 Å². The Morgan fingerprint density at radius 3 is 2.27 bits per heavy atom. The van der Waals surface area contributed by atoms with Gasteiger partial charge in [0.2, 0.25) is 11.8 Å². The van der Waals surface area contributed by atoms with Gasteiger partial charge in [-0.3, -0.25) is 14.5 Å². The average Bonchev–Trinajstić information content (AvgIpc) is 2.45. The Balaban J connectivity index is 2.03.